The summed E-state index contributed by atoms with van der Waals surface area (Å²) in [6.45, 7) is 3.88. The maximum absolute atomic E-state index is 12.4. The second-order valence-corrected chi connectivity index (χ2v) is 6.90. The molecule has 2 rings (SSSR count). The van der Waals surface area contributed by atoms with Crippen LogP contribution in [0.5, 0.6) is 5.75 Å². The molecule has 1 aromatic heterocycles. The SMILES string of the molecule is CC(C)C(NC(=O)N(C)Cc1cscn1)C(=O)Oc1ccc([N+](=O)[O-])cc1. The molecule has 0 spiro atoms. The van der Waals surface area contributed by atoms with Crippen molar-refractivity contribution in [2.75, 3.05) is 7.05 Å². The van der Waals surface area contributed by atoms with Gasteiger partial charge in [-0.3, -0.25) is 10.1 Å². The van der Waals surface area contributed by atoms with Crippen molar-refractivity contribution in [1.82, 2.24) is 15.2 Å². The molecular formula is C17H20N4O5S. The van der Waals surface area contributed by atoms with Gasteiger partial charge in [-0.2, -0.15) is 0 Å². The van der Waals surface area contributed by atoms with Crippen LogP contribution in [-0.4, -0.2) is 39.9 Å². The van der Waals surface area contributed by atoms with Gasteiger partial charge in [0.2, 0.25) is 0 Å². The minimum atomic E-state index is -0.870. The highest BCUT2D eigenvalue weighted by Gasteiger charge is 2.27. The minimum Gasteiger partial charge on any atom is -0.425 e. The van der Waals surface area contributed by atoms with Crippen molar-refractivity contribution in [2.24, 2.45) is 5.92 Å². The van der Waals surface area contributed by atoms with Crippen LogP contribution in [0.3, 0.4) is 0 Å². The van der Waals surface area contributed by atoms with Crippen LogP contribution < -0.4 is 10.1 Å². The van der Waals surface area contributed by atoms with Crippen LogP contribution in [0.15, 0.2) is 35.2 Å². The number of nitrogens with one attached hydrogen (secondary N) is 1. The van der Waals surface area contributed by atoms with Crippen molar-refractivity contribution in [3.05, 3.63) is 51.0 Å². The van der Waals surface area contributed by atoms with Gasteiger partial charge in [0.25, 0.3) is 5.69 Å². The Bertz CT molecular complexity index is 792. The molecule has 0 aliphatic carbocycles. The van der Waals surface area contributed by atoms with E-state index in [-0.39, 0.29) is 17.4 Å². The van der Waals surface area contributed by atoms with E-state index in [0.29, 0.717) is 6.54 Å². The first-order chi connectivity index (χ1) is 12.8. The number of aromatic nitrogens is 1. The van der Waals surface area contributed by atoms with E-state index in [4.69, 9.17) is 4.74 Å². The zero-order valence-corrected chi connectivity index (χ0v) is 15.9. The van der Waals surface area contributed by atoms with E-state index in [1.165, 1.54) is 40.5 Å². The molecule has 0 aliphatic heterocycles. The monoisotopic (exact) mass is 392 g/mol. The summed E-state index contributed by atoms with van der Waals surface area (Å²) >= 11 is 1.44. The number of urea groups is 1. The summed E-state index contributed by atoms with van der Waals surface area (Å²) in [6, 6.07) is 3.86. The summed E-state index contributed by atoms with van der Waals surface area (Å²) in [5, 5.41) is 15.2. The van der Waals surface area contributed by atoms with Crippen molar-refractivity contribution in [2.45, 2.75) is 26.4 Å². The quantitative estimate of drug-likeness (QED) is 0.335. The van der Waals surface area contributed by atoms with Gasteiger partial charge in [-0.15, -0.1) is 11.3 Å². The van der Waals surface area contributed by atoms with Crippen LogP contribution in [0.4, 0.5) is 10.5 Å². The lowest BCUT2D eigenvalue weighted by molar-refractivity contribution is -0.384. The molecule has 9 nitrogen and oxygen atoms in total. The fourth-order valence-corrected chi connectivity index (χ4v) is 2.74. The Hall–Kier alpha value is -3.01. The number of thiazole rings is 1. The maximum atomic E-state index is 12.4. The van der Waals surface area contributed by atoms with Crippen LogP contribution >= 0.6 is 11.3 Å². The molecule has 0 bridgehead atoms. The lowest BCUT2D eigenvalue weighted by Gasteiger charge is -2.24. The highest BCUT2D eigenvalue weighted by molar-refractivity contribution is 7.07. The van der Waals surface area contributed by atoms with Gasteiger partial charge >= 0.3 is 12.0 Å². The Morgan fingerprint density at radius 3 is 2.52 bits per heavy atom. The molecule has 27 heavy (non-hydrogen) atoms. The van der Waals surface area contributed by atoms with Crippen molar-refractivity contribution >= 4 is 29.0 Å². The highest BCUT2D eigenvalue weighted by atomic mass is 32.1. The van der Waals surface area contributed by atoms with E-state index in [2.05, 4.69) is 10.3 Å². The number of non-ortho nitro benzene ring substituents is 1. The summed E-state index contributed by atoms with van der Waals surface area (Å²) in [7, 11) is 1.60. The smallest absolute Gasteiger partial charge is 0.334 e. The summed E-state index contributed by atoms with van der Waals surface area (Å²) < 4.78 is 5.25. The zero-order valence-electron chi connectivity index (χ0n) is 15.1. The summed E-state index contributed by atoms with van der Waals surface area (Å²) in [5.41, 5.74) is 2.33. The Kier molecular flexibility index (Phi) is 6.83. The average Bonchev–Trinajstić information content (AvgIpc) is 3.12. The van der Waals surface area contributed by atoms with E-state index in [9.17, 15) is 19.7 Å². The van der Waals surface area contributed by atoms with Crippen molar-refractivity contribution < 1.29 is 19.2 Å². The normalized spacial score (nSPS) is 11.7. The van der Waals surface area contributed by atoms with E-state index in [0.717, 1.165) is 5.69 Å². The van der Waals surface area contributed by atoms with Crippen LogP contribution in [0, 0.1) is 16.0 Å². The average molecular weight is 392 g/mol. The molecule has 0 saturated heterocycles. The fraction of sp³-hybridized carbons (Fsp3) is 0.353. The third kappa shape index (κ3) is 5.74. The standard InChI is InChI=1S/C17H20N4O5S/c1-11(2)15(19-17(23)20(3)8-12-9-27-10-18-12)16(22)26-14-6-4-13(5-7-14)21(24)25/h4-7,9-11,15H,8H2,1-3H3,(H,19,23). The van der Waals surface area contributed by atoms with Crippen LogP contribution in [0.1, 0.15) is 19.5 Å². The molecule has 2 aromatic rings. The van der Waals surface area contributed by atoms with E-state index in [1.54, 1.807) is 26.4 Å². The predicted molar refractivity (Wildman–Crippen MR) is 99.5 cm³/mol. The molecule has 0 fully saturated rings. The molecule has 1 heterocycles. The summed E-state index contributed by atoms with van der Waals surface area (Å²) in [5.74, 6) is -0.692. The number of nitrogens with zero attached hydrogens (tertiary/aromatic N) is 3. The highest BCUT2D eigenvalue weighted by Crippen LogP contribution is 2.18. The Balaban J connectivity index is 1.99. The van der Waals surface area contributed by atoms with Gasteiger partial charge in [0.1, 0.15) is 11.8 Å². The minimum absolute atomic E-state index is 0.104. The first-order valence-electron chi connectivity index (χ1n) is 8.12. The Morgan fingerprint density at radius 2 is 2.00 bits per heavy atom. The Labute approximate surface area is 160 Å². The summed E-state index contributed by atoms with van der Waals surface area (Å²) in [4.78, 5) is 40.5. The van der Waals surface area contributed by atoms with Gasteiger partial charge in [-0.05, 0) is 18.1 Å². The number of hydrogen-bond donors (Lipinski definition) is 1. The molecular weight excluding hydrogens is 372 g/mol. The number of nitro groups is 1. The molecule has 10 heteroatoms. The van der Waals surface area contributed by atoms with Gasteiger partial charge in [0, 0.05) is 24.6 Å². The van der Waals surface area contributed by atoms with E-state index >= 15 is 0 Å². The van der Waals surface area contributed by atoms with Gasteiger partial charge in [0.05, 0.1) is 22.7 Å². The molecule has 1 aromatic carbocycles. The number of carbonyl (C=O) groups is 2. The van der Waals surface area contributed by atoms with Crippen molar-refractivity contribution in [3.63, 3.8) is 0 Å². The van der Waals surface area contributed by atoms with Crippen LogP contribution in [-0.2, 0) is 11.3 Å². The van der Waals surface area contributed by atoms with Crippen LogP contribution in [0.25, 0.3) is 0 Å². The number of carbonyl (C=O) groups excluding carboxylic acids is 2. The third-order valence-electron chi connectivity index (χ3n) is 3.69. The number of esters is 1. The number of benzene rings is 1. The van der Waals surface area contributed by atoms with Crippen molar-refractivity contribution in [3.8, 4) is 5.75 Å². The zero-order chi connectivity index (χ0) is 20.0. The number of hydrogen-bond acceptors (Lipinski definition) is 7. The largest absolute Gasteiger partial charge is 0.425 e. The molecule has 0 aliphatic rings. The first-order valence-corrected chi connectivity index (χ1v) is 9.07. The molecule has 1 N–H and O–H groups in total. The molecule has 0 saturated carbocycles. The molecule has 0 radical (unpaired) electrons. The lowest BCUT2D eigenvalue weighted by Crippen LogP contribution is -2.50. The Morgan fingerprint density at radius 1 is 1.33 bits per heavy atom. The molecule has 1 atom stereocenters. The van der Waals surface area contributed by atoms with E-state index < -0.39 is 23.0 Å². The first kappa shape index (κ1) is 20.3. The number of ether oxygens (including phenoxy) is 1. The topological polar surface area (TPSA) is 115 Å². The van der Waals surface area contributed by atoms with Crippen molar-refractivity contribution in [1.29, 1.82) is 0 Å². The fourth-order valence-electron chi connectivity index (χ4n) is 2.19. The van der Waals surface area contributed by atoms with Gasteiger partial charge < -0.3 is 15.0 Å². The third-order valence-corrected chi connectivity index (χ3v) is 4.33. The maximum Gasteiger partial charge on any atom is 0.334 e. The van der Waals surface area contributed by atoms with E-state index in [1.807, 2.05) is 5.38 Å². The number of amides is 2. The predicted octanol–water partition coefficient (Wildman–Crippen LogP) is 2.82. The van der Waals surface area contributed by atoms with Gasteiger partial charge in [-0.25, -0.2) is 14.6 Å². The molecule has 144 valence electrons. The molecule has 1 unspecified atom stereocenters. The number of rotatable bonds is 7. The number of nitro benzene ring substituents is 1. The summed E-state index contributed by atoms with van der Waals surface area (Å²) in [6.07, 6.45) is 0. The van der Waals surface area contributed by atoms with Crippen LogP contribution in [0.2, 0.25) is 0 Å². The second-order valence-electron chi connectivity index (χ2n) is 6.18. The molecule has 2 amide bonds. The second kappa shape index (κ2) is 9.08. The lowest BCUT2D eigenvalue weighted by atomic mass is 10.1. The van der Waals surface area contributed by atoms with Gasteiger partial charge in [0.15, 0.2) is 0 Å². The van der Waals surface area contributed by atoms with Gasteiger partial charge in [-0.1, -0.05) is 13.8 Å².